The lowest BCUT2D eigenvalue weighted by atomic mass is 9.93. The molecule has 318 valence electrons. The van der Waals surface area contributed by atoms with Crippen molar-refractivity contribution < 1.29 is 28.4 Å². The average molecular weight is 787 g/mol. The van der Waals surface area contributed by atoms with Crippen molar-refractivity contribution in [3.8, 4) is 34.5 Å². The zero-order valence-electron chi connectivity index (χ0n) is 37.2. The van der Waals surface area contributed by atoms with Gasteiger partial charge in [0.05, 0.1) is 39.1 Å². The molecule has 0 aliphatic carbocycles. The highest BCUT2D eigenvalue weighted by Gasteiger charge is 2.21. The van der Waals surface area contributed by atoms with E-state index < -0.39 is 0 Å². The van der Waals surface area contributed by atoms with E-state index in [4.69, 9.17) is 28.4 Å². The van der Waals surface area contributed by atoms with E-state index in [1.165, 1.54) is 64.2 Å². The van der Waals surface area contributed by atoms with Gasteiger partial charge in [0.15, 0.2) is 34.5 Å². The molecule has 0 aromatic heterocycles. The molecule has 0 saturated carbocycles. The average Bonchev–Trinajstić information content (AvgIpc) is 3.20. The number of hydrogen-bond donors (Lipinski definition) is 0. The molecule has 6 nitrogen and oxygen atoms in total. The molecule has 4 aromatic rings. The van der Waals surface area contributed by atoms with Gasteiger partial charge in [-0.05, 0) is 115 Å². The maximum Gasteiger partial charge on any atom is 0.162 e. The van der Waals surface area contributed by atoms with Gasteiger partial charge >= 0.3 is 0 Å². The second-order valence-corrected chi connectivity index (χ2v) is 16.2. The first kappa shape index (κ1) is 46.2. The van der Waals surface area contributed by atoms with E-state index in [0.717, 1.165) is 131 Å². The van der Waals surface area contributed by atoms with Crippen LogP contribution in [0.15, 0.2) is 36.4 Å². The molecule has 0 aliphatic heterocycles. The summed E-state index contributed by atoms with van der Waals surface area (Å²) in [5.41, 5.74) is 0. The molecule has 0 N–H and O–H groups in total. The predicted molar refractivity (Wildman–Crippen MR) is 243 cm³/mol. The summed E-state index contributed by atoms with van der Waals surface area (Å²) in [7, 11) is 0. The Morgan fingerprint density at radius 1 is 0.298 bits per heavy atom. The second-order valence-electron chi connectivity index (χ2n) is 16.2. The van der Waals surface area contributed by atoms with Crippen LogP contribution in [0.2, 0.25) is 0 Å². The maximum absolute atomic E-state index is 6.62. The van der Waals surface area contributed by atoms with Crippen LogP contribution >= 0.6 is 0 Å². The van der Waals surface area contributed by atoms with Crippen LogP contribution in [0, 0.1) is 0 Å². The van der Waals surface area contributed by atoms with Gasteiger partial charge in [0.25, 0.3) is 0 Å². The van der Waals surface area contributed by atoms with Crippen LogP contribution in [0.5, 0.6) is 34.5 Å². The van der Waals surface area contributed by atoms with E-state index in [1.807, 2.05) is 0 Å². The fraction of sp³-hybridized carbons (Fsp3) is 0.647. The number of ether oxygens (including phenoxy) is 6. The van der Waals surface area contributed by atoms with Crippen LogP contribution in [0.3, 0.4) is 0 Å². The molecule has 4 aromatic carbocycles. The van der Waals surface area contributed by atoms with Gasteiger partial charge in [-0.2, -0.15) is 0 Å². The van der Waals surface area contributed by atoms with Crippen LogP contribution in [0.4, 0.5) is 0 Å². The van der Waals surface area contributed by atoms with Crippen molar-refractivity contribution in [2.75, 3.05) is 33.0 Å². The van der Waals surface area contributed by atoms with E-state index in [1.54, 1.807) is 0 Å². The molecule has 0 heterocycles. The summed E-state index contributed by atoms with van der Waals surface area (Å²) < 4.78 is 39.5. The maximum atomic E-state index is 6.62. The first-order chi connectivity index (χ1) is 27.9. The molecule has 0 saturated heterocycles. The molecule has 0 radical (unpaired) electrons. The summed E-state index contributed by atoms with van der Waals surface area (Å²) in [4.78, 5) is 0. The Hall–Kier alpha value is -3.54. The molecule has 0 aliphatic rings. The Labute approximate surface area is 346 Å². The second kappa shape index (κ2) is 26.5. The Morgan fingerprint density at radius 3 is 0.719 bits per heavy atom. The third kappa shape index (κ3) is 14.7. The molecule has 0 fully saturated rings. The molecule has 0 spiro atoms. The smallest absolute Gasteiger partial charge is 0.162 e. The zero-order chi connectivity index (χ0) is 40.7. The lowest BCUT2D eigenvalue weighted by Gasteiger charge is -2.21. The number of rotatable bonds is 32. The lowest BCUT2D eigenvalue weighted by molar-refractivity contribution is 0.220. The van der Waals surface area contributed by atoms with Gasteiger partial charge in [0, 0.05) is 0 Å². The predicted octanol–water partition coefficient (Wildman–Crippen LogP) is 15.7. The Balaban J connectivity index is 1.96. The standard InChI is InChI=1S/C51H78O6/c1-8-13-18-23-28-52-46-33-40-41-34-47(53-29-24-19-14-9-2)49(55-31-26-21-16-11-4)36-43(41)45-38-51(57-39(6)7)50(56-32-27-22-17-12-5)37-44(45)42(40)35-48(46)54-30-25-20-15-10-3/h33-39H,8-32H2,1-7H3. The highest BCUT2D eigenvalue weighted by Crippen LogP contribution is 2.47. The van der Waals surface area contributed by atoms with E-state index in [2.05, 4.69) is 84.9 Å². The summed E-state index contributed by atoms with van der Waals surface area (Å²) in [6.45, 7) is 18.7. The topological polar surface area (TPSA) is 55.4 Å². The zero-order valence-corrected chi connectivity index (χ0v) is 37.2. The van der Waals surface area contributed by atoms with Gasteiger partial charge in [-0.3, -0.25) is 0 Å². The van der Waals surface area contributed by atoms with Crippen molar-refractivity contribution in [1.82, 2.24) is 0 Å². The number of fused-ring (bicyclic) bond motifs is 6. The fourth-order valence-corrected chi connectivity index (χ4v) is 7.48. The molecule has 0 unspecified atom stereocenters. The van der Waals surface area contributed by atoms with Gasteiger partial charge in [0.1, 0.15) is 0 Å². The van der Waals surface area contributed by atoms with E-state index in [-0.39, 0.29) is 6.10 Å². The first-order valence-electron chi connectivity index (χ1n) is 23.3. The Bertz CT molecular complexity index is 1680. The molecule has 0 bridgehead atoms. The summed E-state index contributed by atoms with van der Waals surface area (Å²) in [6.07, 6.45) is 22.9. The molecule has 0 atom stereocenters. The largest absolute Gasteiger partial charge is 0.490 e. The van der Waals surface area contributed by atoms with Crippen molar-refractivity contribution >= 4 is 32.3 Å². The Kier molecular flexibility index (Phi) is 21.4. The van der Waals surface area contributed by atoms with Crippen molar-refractivity contribution in [2.24, 2.45) is 0 Å². The number of unbranched alkanes of at least 4 members (excludes halogenated alkanes) is 15. The summed E-state index contributed by atoms with van der Waals surface area (Å²) in [5, 5.41) is 6.62. The monoisotopic (exact) mass is 787 g/mol. The molecule has 57 heavy (non-hydrogen) atoms. The third-order valence-electron chi connectivity index (χ3n) is 10.8. The number of benzene rings is 4. The minimum Gasteiger partial charge on any atom is -0.490 e. The highest BCUT2D eigenvalue weighted by molar-refractivity contribution is 6.26. The van der Waals surface area contributed by atoms with E-state index in [0.29, 0.717) is 33.0 Å². The first-order valence-corrected chi connectivity index (χ1v) is 23.3. The van der Waals surface area contributed by atoms with E-state index >= 15 is 0 Å². The van der Waals surface area contributed by atoms with Crippen molar-refractivity contribution in [3.63, 3.8) is 0 Å². The summed E-state index contributed by atoms with van der Waals surface area (Å²) >= 11 is 0. The van der Waals surface area contributed by atoms with Gasteiger partial charge in [-0.25, -0.2) is 0 Å². The molecule has 0 amide bonds. The third-order valence-corrected chi connectivity index (χ3v) is 10.8. The van der Waals surface area contributed by atoms with Crippen LogP contribution in [0.25, 0.3) is 32.3 Å². The van der Waals surface area contributed by atoms with Crippen molar-refractivity contribution in [3.05, 3.63) is 36.4 Å². The normalized spacial score (nSPS) is 11.6. The number of hydrogen-bond acceptors (Lipinski definition) is 6. The Morgan fingerprint density at radius 2 is 0.509 bits per heavy atom. The molecular weight excluding hydrogens is 709 g/mol. The SMILES string of the molecule is CCCCCCOc1cc2c3cc(OCCCCCC)c(OCCCCCC)cc3c3cc(OC(C)C)c(OCCCCCC)cc3c2cc1OCCCCCC. The lowest BCUT2D eigenvalue weighted by Crippen LogP contribution is -2.08. The van der Waals surface area contributed by atoms with Crippen LogP contribution < -0.4 is 28.4 Å². The molecule has 4 rings (SSSR count). The molecule has 6 heteroatoms. The van der Waals surface area contributed by atoms with Crippen molar-refractivity contribution in [2.45, 2.75) is 183 Å². The quantitative estimate of drug-likeness (QED) is 0.0363. The van der Waals surface area contributed by atoms with Gasteiger partial charge in [-0.1, -0.05) is 131 Å². The van der Waals surface area contributed by atoms with Gasteiger partial charge < -0.3 is 28.4 Å². The van der Waals surface area contributed by atoms with Crippen LogP contribution in [-0.2, 0) is 0 Å². The summed E-state index contributed by atoms with van der Waals surface area (Å²) in [5.74, 6) is 4.77. The van der Waals surface area contributed by atoms with Crippen molar-refractivity contribution in [1.29, 1.82) is 0 Å². The minimum atomic E-state index is -0.00363. The highest BCUT2D eigenvalue weighted by atomic mass is 16.5. The van der Waals surface area contributed by atoms with Gasteiger partial charge in [-0.15, -0.1) is 0 Å². The van der Waals surface area contributed by atoms with Crippen LogP contribution in [-0.4, -0.2) is 39.1 Å². The fourth-order valence-electron chi connectivity index (χ4n) is 7.48. The van der Waals surface area contributed by atoms with Crippen LogP contribution in [0.1, 0.15) is 177 Å². The minimum absolute atomic E-state index is 0.00363. The van der Waals surface area contributed by atoms with E-state index in [9.17, 15) is 0 Å². The van der Waals surface area contributed by atoms with Gasteiger partial charge in [0.2, 0.25) is 0 Å². The summed E-state index contributed by atoms with van der Waals surface area (Å²) in [6, 6.07) is 13.3. The molecular formula is C51H78O6.